The van der Waals surface area contributed by atoms with Crippen molar-refractivity contribution in [2.24, 2.45) is 5.10 Å². The van der Waals surface area contributed by atoms with Gasteiger partial charge in [0.2, 0.25) is 0 Å². The Bertz CT molecular complexity index is 917. The lowest BCUT2D eigenvalue weighted by molar-refractivity contribution is 0.0926. The first-order chi connectivity index (χ1) is 12.6. The highest BCUT2D eigenvalue weighted by molar-refractivity contribution is 6.30. The van der Waals surface area contributed by atoms with Crippen molar-refractivity contribution in [2.45, 2.75) is 13.5 Å². The van der Waals surface area contributed by atoms with E-state index in [0.29, 0.717) is 23.1 Å². The number of benzene rings is 2. The summed E-state index contributed by atoms with van der Waals surface area (Å²) in [6.07, 6.45) is 1.54. The van der Waals surface area contributed by atoms with Crippen LogP contribution in [0.4, 0.5) is 0 Å². The molecule has 0 spiro atoms. The van der Waals surface area contributed by atoms with Crippen LogP contribution in [-0.2, 0) is 6.61 Å². The number of nitrogens with one attached hydrogen (secondary N) is 1. The Morgan fingerprint density at radius 1 is 1.19 bits per heavy atom. The molecule has 0 aliphatic heterocycles. The summed E-state index contributed by atoms with van der Waals surface area (Å²) >= 11 is 5.87. The van der Waals surface area contributed by atoms with E-state index in [1.807, 2.05) is 48.5 Å². The molecule has 0 fully saturated rings. The van der Waals surface area contributed by atoms with Gasteiger partial charge in [-0.1, -0.05) is 35.9 Å². The molecule has 1 aromatic heterocycles. The molecule has 1 heterocycles. The van der Waals surface area contributed by atoms with Gasteiger partial charge in [-0.3, -0.25) is 4.79 Å². The highest BCUT2D eigenvalue weighted by Crippen LogP contribution is 2.16. The van der Waals surface area contributed by atoms with Crippen molar-refractivity contribution in [3.63, 3.8) is 0 Å². The number of aryl methyl sites for hydroxylation is 1. The molecule has 0 saturated heterocycles. The SMILES string of the molecule is Cc1ccc(C(=O)N/N=C\c2cccc(OCc3ccc(Cl)cc3)c2)o1. The van der Waals surface area contributed by atoms with Crippen molar-refractivity contribution < 1.29 is 13.9 Å². The van der Waals surface area contributed by atoms with Crippen LogP contribution in [0.2, 0.25) is 5.02 Å². The first-order valence-electron chi connectivity index (χ1n) is 7.97. The maximum absolute atomic E-state index is 11.8. The normalized spacial score (nSPS) is 10.8. The van der Waals surface area contributed by atoms with Crippen molar-refractivity contribution in [1.82, 2.24) is 5.43 Å². The maximum Gasteiger partial charge on any atom is 0.307 e. The van der Waals surface area contributed by atoms with Crippen LogP contribution in [-0.4, -0.2) is 12.1 Å². The first-order valence-corrected chi connectivity index (χ1v) is 8.35. The fourth-order valence-corrected chi connectivity index (χ4v) is 2.34. The number of carbonyl (C=O) groups excluding carboxylic acids is 1. The summed E-state index contributed by atoms with van der Waals surface area (Å²) in [5.74, 6) is 1.20. The lowest BCUT2D eigenvalue weighted by Crippen LogP contribution is -2.16. The largest absolute Gasteiger partial charge is 0.489 e. The molecule has 26 heavy (non-hydrogen) atoms. The number of furan rings is 1. The second-order valence-corrected chi connectivity index (χ2v) is 6.03. The van der Waals surface area contributed by atoms with Crippen LogP contribution in [0.1, 0.15) is 27.4 Å². The van der Waals surface area contributed by atoms with Crippen LogP contribution < -0.4 is 10.2 Å². The minimum absolute atomic E-state index is 0.222. The third-order valence-electron chi connectivity index (χ3n) is 3.52. The van der Waals surface area contributed by atoms with E-state index in [1.54, 1.807) is 25.3 Å². The molecule has 3 rings (SSSR count). The average molecular weight is 369 g/mol. The van der Waals surface area contributed by atoms with E-state index in [0.717, 1.165) is 11.1 Å². The Hall–Kier alpha value is -3.05. The van der Waals surface area contributed by atoms with E-state index in [-0.39, 0.29) is 5.76 Å². The highest BCUT2D eigenvalue weighted by Gasteiger charge is 2.08. The van der Waals surface area contributed by atoms with E-state index < -0.39 is 5.91 Å². The van der Waals surface area contributed by atoms with E-state index in [4.69, 9.17) is 20.8 Å². The summed E-state index contributed by atoms with van der Waals surface area (Å²) in [7, 11) is 0. The van der Waals surface area contributed by atoms with E-state index in [9.17, 15) is 4.79 Å². The van der Waals surface area contributed by atoms with E-state index in [2.05, 4.69) is 10.5 Å². The minimum Gasteiger partial charge on any atom is -0.489 e. The fourth-order valence-electron chi connectivity index (χ4n) is 2.21. The van der Waals surface area contributed by atoms with Crippen molar-refractivity contribution >= 4 is 23.7 Å². The van der Waals surface area contributed by atoms with Gasteiger partial charge in [0.15, 0.2) is 5.76 Å². The molecule has 132 valence electrons. The number of halogens is 1. The smallest absolute Gasteiger partial charge is 0.307 e. The van der Waals surface area contributed by atoms with Crippen molar-refractivity contribution in [1.29, 1.82) is 0 Å². The summed E-state index contributed by atoms with van der Waals surface area (Å²) in [5.41, 5.74) is 4.25. The molecular formula is C20H17ClN2O3. The van der Waals surface area contributed by atoms with Gasteiger partial charge in [-0.15, -0.1) is 0 Å². The summed E-state index contributed by atoms with van der Waals surface area (Å²) in [4.78, 5) is 11.8. The molecule has 2 aromatic carbocycles. The monoisotopic (exact) mass is 368 g/mol. The molecule has 1 amide bonds. The lowest BCUT2D eigenvalue weighted by Gasteiger charge is -2.07. The maximum atomic E-state index is 11.8. The number of rotatable bonds is 6. The Morgan fingerprint density at radius 2 is 2.00 bits per heavy atom. The first kappa shape index (κ1) is 17.8. The molecule has 0 saturated carbocycles. The van der Waals surface area contributed by atoms with Crippen molar-refractivity contribution in [3.05, 3.63) is 88.3 Å². The number of nitrogens with zero attached hydrogens (tertiary/aromatic N) is 1. The summed E-state index contributed by atoms with van der Waals surface area (Å²) < 4.78 is 11.0. The van der Waals surface area contributed by atoms with Crippen molar-refractivity contribution in [3.8, 4) is 5.75 Å². The Balaban J connectivity index is 1.56. The molecule has 6 heteroatoms. The van der Waals surface area contributed by atoms with E-state index in [1.165, 1.54) is 0 Å². The van der Waals surface area contributed by atoms with Gasteiger partial charge in [0.1, 0.15) is 18.1 Å². The second kappa shape index (κ2) is 8.36. The van der Waals surface area contributed by atoms with Gasteiger partial charge >= 0.3 is 5.91 Å². The minimum atomic E-state index is -0.399. The van der Waals surface area contributed by atoms with Gasteiger partial charge in [0, 0.05) is 5.02 Å². The quantitative estimate of drug-likeness (QED) is 0.511. The molecule has 1 N–H and O–H groups in total. The molecule has 0 aliphatic rings. The number of hydrazone groups is 1. The second-order valence-electron chi connectivity index (χ2n) is 5.60. The van der Waals surface area contributed by atoms with Gasteiger partial charge in [0.05, 0.1) is 6.21 Å². The zero-order valence-corrected chi connectivity index (χ0v) is 14.9. The zero-order valence-electron chi connectivity index (χ0n) is 14.1. The van der Waals surface area contributed by atoms with Gasteiger partial charge in [-0.05, 0) is 54.4 Å². The molecule has 0 aliphatic carbocycles. The van der Waals surface area contributed by atoms with Crippen LogP contribution in [0, 0.1) is 6.92 Å². The number of ether oxygens (including phenoxy) is 1. The Kier molecular flexibility index (Phi) is 5.71. The summed E-state index contributed by atoms with van der Waals surface area (Å²) in [6.45, 7) is 2.21. The predicted octanol–water partition coefficient (Wildman–Crippen LogP) is 4.58. The fraction of sp³-hybridized carbons (Fsp3) is 0.100. The van der Waals surface area contributed by atoms with Crippen LogP contribution in [0.3, 0.4) is 0 Å². The van der Waals surface area contributed by atoms with Gasteiger partial charge in [-0.25, -0.2) is 5.43 Å². The van der Waals surface area contributed by atoms with Crippen LogP contribution >= 0.6 is 11.6 Å². The number of amides is 1. The molecule has 0 atom stereocenters. The van der Waals surface area contributed by atoms with Crippen LogP contribution in [0.5, 0.6) is 5.75 Å². The third kappa shape index (κ3) is 4.97. The number of hydrogen-bond acceptors (Lipinski definition) is 4. The molecule has 0 bridgehead atoms. The standard InChI is InChI=1S/C20H17ClN2O3/c1-14-5-10-19(26-14)20(24)23-22-12-16-3-2-4-18(11-16)25-13-15-6-8-17(21)9-7-15/h2-12H,13H2,1H3,(H,23,24)/b22-12-. The van der Waals surface area contributed by atoms with Gasteiger partial charge < -0.3 is 9.15 Å². The topological polar surface area (TPSA) is 63.8 Å². The van der Waals surface area contributed by atoms with Crippen LogP contribution in [0.15, 0.2) is 70.2 Å². The molecule has 5 nitrogen and oxygen atoms in total. The zero-order chi connectivity index (χ0) is 18.4. The van der Waals surface area contributed by atoms with Crippen molar-refractivity contribution in [2.75, 3.05) is 0 Å². The number of hydrogen-bond donors (Lipinski definition) is 1. The lowest BCUT2D eigenvalue weighted by atomic mass is 10.2. The molecule has 0 unspecified atom stereocenters. The van der Waals surface area contributed by atoms with Gasteiger partial charge in [-0.2, -0.15) is 5.10 Å². The highest BCUT2D eigenvalue weighted by atomic mass is 35.5. The summed E-state index contributed by atoms with van der Waals surface area (Å²) in [6, 6.07) is 18.2. The predicted molar refractivity (Wildman–Crippen MR) is 101 cm³/mol. The Morgan fingerprint density at radius 3 is 2.73 bits per heavy atom. The number of carbonyl (C=O) groups is 1. The molecule has 3 aromatic rings. The summed E-state index contributed by atoms with van der Waals surface area (Å²) in [5, 5.41) is 4.63. The van der Waals surface area contributed by atoms with E-state index >= 15 is 0 Å². The third-order valence-corrected chi connectivity index (χ3v) is 3.77. The molecule has 0 radical (unpaired) electrons. The van der Waals surface area contributed by atoms with Gasteiger partial charge in [0.25, 0.3) is 0 Å². The average Bonchev–Trinajstić information content (AvgIpc) is 3.08. The molecular weight excluding hydrogens is 352 g/mol. The van der Waals surface area contributed by atoms with Crippen LogP contribution in [0.25, 0.3) is 0 Å². The Labute approximate surface area is 156 Å².